The highest BCUT2D eigenvalue weighted by Gasteiger charge is 2.11. The Morgan fingerprint density at radius 1 is 1.28 bits per heavy atom. The molecule has 0 radical (unpaired) electrons. The van der Waals surface area contributed by atoms with Crippen LogP contribution in [-0.4, -0.2) is 26.2 Å². The molecule has 1 atom stereocenters. The number of benzene rings is 1. The van der Waals surface area contributed by atoms with Crippen LogP contribution >= 0.6 is 0 Å². The summed E-state index contributed by atoms with van der Waals surface area (Å²) in [4.78, 5) is 0. The van der Waals surface area contributed by atoms with E-state index in [1.165, 1.54) is 37.8 Å². The maximum absolute atomic E-state index is 5.15. The smallest absolute Gasteiger partial charge is 0.118 e. The summed E-state index contributed by atoms with van der Waals surface area (Å²) in [6.07, 6.45) is 5.30. The Hall–Kier alpha value is -1.06. The van der Waals surface area contributed by atoms with Crippen molar-refractivity contribution < 1.29 is 4.74 Å². The predicted molar refractivity (Wildman–Crippen MR) is 75.0 cm³/mol. The van der Waals surface area contributed by atoms with Gasteiger partial charge < -0.3 is 15.4 Å². The minimum absolute atomic E-state index is 0.724. The van der Waals surface area contributed by atoms with Gasteiger partial charge in [-0.05, 0) is 50.0 Å². The molecule has 1 heterocycles. The zero-order chi connectivity index (χ0) is 12.6. The van der Waals surface area contributed by atoms with Crippen LogP contribution in [0, 0.1) is 0 Å². The fraction of sp³-hybridized carbons (Fsp3) is 0.600. The van der Waals surface area contributed by atoms with Gasteiger partial charge in [0.1, 0.15) is 5.75 Å². The molecule has 1 saturated heterocycles. The molecule has 0 spiro atoms. The first-order chi connectivity index (χ1) is 8.88. The minimum atomic E-state index is 0.724. The molecule has 100 valence electrons. The monoisotopic (exact) mass is 248 g/mol. The number of methoxy groups -OCH3 is 1. The van der Waals surface area contributed by atoms with Crippen LogP contribution in [0.4, 0.5) is 0 Å². The van der Waals surface area contributed by atoms with Crippen molar-refractivity contribution in [2.24, 2.45) is 0 Å². The van der Waals surface area contributed by atoms with Crippen molar-refractivity contribution in [3.8, 4) is 5.75 Å². The summed E-state index contributed by atoms with van der Waals surface area (Å²) in [5.41, 5.74) is 1.31. The molecule has 1 aromatic carbocycles. The number of piperidine rings is 1. The maximum Gasteiger partial charge on any atom is 0.118 e. The van der Waals surface area contributed by atoms with Gasteiger partial charge in [0.2, 0.25) is 0 Å². The standard InChI is InChI=1S/C15H24N2O/c1-18-15-7-5-13(6-8-15)12-16-11-9-14-4-2-3-10-17-14/h5-8,14,16-17H,2-4,9-12H2,1H3. The van der Waals surface area contributed by atoms with Crippen LogP contribution < -0.4 is 15.4 Å². The molecule has 3 nitrogen and oxygen atoms in total. The van der Waals surface area contributed by atoms with Gasteiger partial charge in [-0.15, -0.1) is 0 Å². The number of hydrogen-bond acceptors (Lipinski definition) is 3. The Balaban J connectivity index is 1.62. The lowest BCUT2D eigenvalue weighted by molar-refractivity contribution is 0.376. The number of nitrogens with one attached hydrogen (secondary N) is 2. The topological polar surface area (TPSA) is 33.3 Å². The lowest BCUT2D eigenvalue weighted by Crippen LogP contribution is -2.36. The van der Waals surface area contributed by atoms with E-state index in [9.17, 15) is 0 Å². The van der Waals surface area contributed by atoms with Gasteiger partial charge in [-0.2, -0.15) is 0 Å². The quantitative estimate of drug-likeness (QED) is 0.758. The predicted octanol–water partition coefficient (Wildman–Crippen LogP) is 2.32. The lowest BCUT2D eigenvalue weighted by atomic mass is 10.0. The van der Waals surface area contributed by atoms with Gasteiger partial charge in [-0.3, -0.25) is 0 Å². The second kappa shape index (κ2) is 7.39. The summed E-state index contributed by atoms with van der Waals surface area (Å²) in [6, 6.07) is 8.98. The van der Waals surface area contributed by atoms with E-state index >= 15 is 0 Å². The molecule has 1 aromatic rings. The van der Waals surface area contributed by atoms with Crippen LogP contribution in [0.15, 0.2) is 24.3 Å². The van der Waals surface area contributed by atoms with Gasteiger partial charge in [0, 0.05) is 12.6 Å². The van der Waals surface area contributed by atoms with Gasteiger partial charge in [-0.25, -0.2) is 0 Å². The Bertz CT molecular complexity index is 331. The average Bonchev–Trinajstić information content (AvgIpc) is 2.45. The van der Waals surface area contributed by atoms with Gasteiger partial charge in [0.05, 0.1) is 7.11 Å². The van der Waals surface area contributed by atoms with E-state index in [2.05, 4.69) is 22.8 Å². The van der Waals surface area contributed by atoms with Crippen LogP contribution in [0.2, 0.25) is 0 Å². The first-order valence-electron chi connectivity index (χ1n) is 6.95. The zero-order valence-corrected chi connectivity index (χ0v) is 11.2. The van der Waals surface area contributed by atoms with Crippen LogP contribution in [0.25, 0.3) is 0 Å². The first-order valence-corrected chi connectivity index (χ1v) is 6.95. The molecule has 1 aliphatic rings. The molecule has 0 amide bonds. The number of hydrogen-bond donors (Lipinski definition) is 2. The molecule has 0 bridgehead atoms. The van der Waals surface area contributed by atoms with Gasteiger partial charge in [0.15, 0.2) is 0 Å². The Morgan fingerprint density at radius 3 is 2.78 bits per heavy atom. The largest absolute Gasteiger partial charge is 0.497 e. The summed E-state index contributed by atoms with van der Waals surface area (Å²) >= 11 is 0. The summed E-state index contributed by atoms with van der Waals surface area (Å²) < 4.78 is 5.15. The van der Waals surface area contributed by atoms with Crippen molar-refractivity contribution in [2.75, 3.05) is 20.2 Å². The summed E-state index contributed by atoms with van der Waals surface area (Å²) in [6.45, 7) is 3.23. The number of rotatable bonds is 6. The Kier molecular flexibility index (Phi) is 5.49. The molecule has 3 heteroatoms. The summed E-state index contributed by atoms with van der Waals surface area (Å²) in [7, 11) is 1.70. The molecular weight excluding hydrogens is 224 g/mol. The third-order valence-electron chi connectivity index (χ3n) is 3.57. The molecule has 18 heavy (non-hydrogen) atoms. The normalized spacial score (nSPS) is 19.7. The molecule has 2 rings (SSSR count). The van der Waals surface area contributed by atoms with Gasteiger partial charge in [-0.1, -0.05) is 18.6 Å². The zero-order valence-electron chi connectivity index (χ0n) is 11.2. The Morgan fingerprint density at radius 2 is 2.11 bits per heavy atom. The van der Waals surface area contributed by atoms with Gasteiger partial charge in [0.25, 0.3) is 0 Å². The van der Waals surface area contributed by atoms with E-state index in [1.54, 1.807) is 7.11 Å². The van der Waals surface area contributed by atoms with Crippen LogP contribution in [0.5, 0.6) is 5.75 Å². The van der Waals surface area contributed by atoms with Crippen molar-refractivity contribution in [1.29, 1.82) is 0 Å². The number of ether oxygens (including phenoxy) is 1. The van der Waals surface area contributed by atoms with Crippen molar-refractivity contribution in [1.82, 2.24) is 10.6 Å². The maximum atomic E-state index is 5.15. The SMILES string of the molecule is COc1ccc(CNCCC2CCCCN2)cc1. The van der Waals surface area contributed by atoms with Crippen LogP contribution in [-0.2, 0) is 6.54 Å². The third kappa shape index (κ3) is 4.31. The Labute approximate surface area is 110 Å². The highest BCUT2D eigenvalue weighted by molar-refractivity contribution is 5.26. The van der Waals surface area contributed by atoms with E-state index in [1.807, 2.05) is 12.1 Å². The highest BCUT2D eigenvalue weighted by Crippen LogP contribution is 2.11. The van der Waals surface area contributed by atoms with Crippen molar-refractivity contribution in [2.45, 2.75) is 38.3 Å². The van der Waals surface area contributed by atoms with E-state index in [0.717, 1.165) is 24.9 Å². The van der Waals surface area contributed by atoms with Crippen molar-refractivity contribution >= 4 is 0 Å². The van der Waals surface area contributed by atoms with E-state index < -0.39 is 0 Å². The average molecular weight is 248 g/mol. The minimum Gasteiger partial charge on any atom is -0.497 e. The van der Waals surface area contributed by atoms with Gasteiger partial charge >= 0.3 is 0 Å². The first kappa shape index (κ1) is 13.4. The fourth-order valence-electron chi connectivity index (χ4n) is 2.42. The fourth-order valence-corrected chi connectivity index (χ4v) is 2.42. The summed E-state index contributed by atoms with van der Waals surface area (Å²) in [5, 5.41) is 7.08. The van der Waals surface area contributed by atoms with E-state index in [0.29, 0.717) is 0 Å². The van der Waals surface area contributed by atoms with E-state index in [4.69, 9.17) is 4.74 Å². The third-order valence-corrected chi connectivity index (χ3v) is 3.57. The molecular formula is C15H24N2O. The lowest BCUT2D eigenvalue weighted by Gasteiger charge is -2.23. The van der Waals surface area contributed by atoms with Crippen molar-refractivity contribution in [3.63, 3.8) is 0 Å². The molecule has 1 unspecified atom stereocenters. The molecule has 1 aliphatic heterocycles. The summed E-state index contributed by atoms with van der Waals surface area (Å²) in [5.74, 6) is 0.921. The van der Waals surface area contributed by atoms with Crippen molar-refractivity contribution in [3.05, 3.63) is 29.8 Å². The second-order valence-corrected chi connectivity index (χ2v) is 4.96. The molecule has 1 fully saturated rings. The van der Waals surface area contributed by atoms with E-state index in [-0.39, 0.29) is 0 Å². The molecule has 0 aliphatic carbocycles. The molecule has 2 N–H and O–H groups in total. The van der Waals surface area contributed by atoms with Crippen LogP contribution in [0.1, 0.15) is 31.2 Å². The van der Waals surface area contributed by atoms with Crippen LogP contribution in [0.3, 0.4) is 0 Å². The highest BCUT2D eigenvalue weighted by atomic mass is 16.5. The molecule has 0 saturated carbocycles. The molecule has 0 aromatic heterocycles. The second-order valence-electron chi connectivity index (χ2n) is 4.96.